The highest BCUT2D eigenvalue weighted by Crippen LogP contribution is 2.31. The third kappa shape index (κ3) is 5.19. The van der Waals surface area contributed by atoms with E-state index in [1.54, 1.807) is 0 Å². The van der Waals surface area contributed by atoms with Crippen LogP contribution in [0.1, 0.15) is 58.3 Å². The molecule has 1 rings (SSSR count). The van der Waals surface area contributed by atoms with Gasteiger partial charge in [-0.05, 0) is 19.3 Å². The number of hydrogen-bond donors (Lipinski definition) is 3. The number of amides is 1. The van der Waals surface area contributed by atoms with E-state index < -0.39 is 5.41 Å². The molecule has 6 nitrogen and oxygen atoms in total. The van der Waals surface area contributed by atoms with Crippen molar-refractivity contribution >= 4 is 11.7 Å². The SMILES string of the molecule is CCCCCCCCNC(=O)C1(C(N)=NO)CCOCC1. The summed E-state index contributed by atoms with van der Waals surface area (Å²) in [7, 11) is 0. The van der Waals surface area contributed by atoms with Gasteiger partial charge in [-0.25, -0.2) is 0 Å². The molecule has 0 radical (unpaired) electrons. The van der Waals surface area contributed by atoms with Crippen LogP contribution in [0.3, 0.4) is 0 Å². The molecule has 1 fully saturated rings. The highest BCUT2D eigenvalue weighted by Gasteiger charge is 2.44. The fourth-order valence-electron chi connectivity index (χ4n) is 2.69. The Morgan fingerprint density at radius 1 is 1.24 bits per heavy atom. The number of nitrogens with one attached hydrogen (secondary N) is 1. The van der Waals surface area contributed by atoms with Gasteiger partial charge in [0.05, 0.1) is 0 Å². The van der Waals surface area contributed by atoms with Crippen LogP contribution in [-0.2, 0) is 9.53 Å². The van der Waals surface area contributed by atoms with E-state index in [0.29, 0.717) is 32.6 Å². The van der Waals surface area contributed by atoms with Gasteiger partial charge < -0.3 is 21.0 Å². The van der Waals surface area contributed by atoms with Gasteiger partial charge in [-0.1, -0.05) is 44.2 Å². The van der Waals surface area contributed by atoms with Crippen molar-refractivity contribution in [2.45, 2.75) is 58.3 Å². The Hall–Kier alpha value is -1.30. The van der Waals surface area contributed by atoms with Crippen molar-refractivity contribution < 1.29 is 14.7 Å². The molecule has 1 heterocycles. The molecule has 0 aliphatic carbocycles. The normalized spacial score (nSPS) is 18.4. The summed E-state index contributed by atoms with van der Waals surface area (Å²) in [6, 6.07) is 0. The van der Waals surface area contributed by atoms with E-state index in [1.807, 2.05) is 0 Å². The number of nitrogens with zero attached hydrogens (tertiary/aromatic N) is 1. The minimum atomic E-state index is -0.908. The van der Waals surface area contributed by atoms with Crippen LogP contribution >= 0.6 is 0 Å². The van der Waals surface area contributed by atoms with Crippen LogP contribution in [0.15, 0.2) is 5.16 Å². The number of ether oxygens (including phenoxy) is 1. The van der Waals surface area contributed by atoms with Crippen molar-refractivity contribution in [2.75, 3.05) is 19.8 Å². The maximum Gasteiger partial charge on any atom is 0.234 e. The molecule has 0 bridgehead atoms. The number of oxime groups is 1. The molecule has 1 aliphatic rings. The molecule has 0 spiro atoms. The maximum atomic E-state index is 12.4. The van der Waals surface area contributed by atoms with E-state index in [-0.39, 0.29) is 11.7 Å². The van der Waals surface area contributed by atoms with Gasteiger partial charge in [-0.15, -0.1) is 0 Å². The van der Waals surface area contributed by atoms with Crippen molar-refractivity contribution in [3.05, 3.63) is 0 Å². The smallest absolute Gasteiger partial charge is 0.234 e. The van der Waals surface area contributed by atoms with Gasteiger partial charge in [0.1, 0.15) is 5.41 Å². The van der Waals surface area contributed by atoms with Crippen LogP contribution < -0.4 is 11.1 Å². The molecule has 1 aliphatic heterocycles. The van der Waals surface area contributed by atoms with E-state index >= 15 is 0 Å². The second kappa shape index (κ2) is 9.60. The average Bonchev–Trinajstić information content (AvgIpc) is 2.53. The average molecular weight is 299 g/mol. The molecule has 4 N–H and O–H groups in total. The molecule has 1 amide bonds. The number of carbonyl (C=O) groups excluding carboxylic acids is 1. The fraction of sp³-hybridized carbons (Fsp3) is 0.867. The first kappa shape index (κ1) is 17.8. The Bertz CT molecular complexity index is 339. The van der Waals surface area contributed by atoms with Crippen LogP contribution in [0.2, 0.25) is 0 Å². The van der Waals surface area contributed by atoms with Crippen molar-refractivity contribution in [3.63, 3.8) is 0 Å². The lowest BCUT2D eigenvalue weighted by Crippen LogP contribution is -2.52. The summed E-state index contributed by atoms with van der Waals surface area (Å²) in [6.45, 7) is 3.76. The summed E-state index contributed by atoms with van der Waals surface area (Å²) >= 11 is 0. The highest BCUT2D eigenvalue weighted by molar-refractivity contribution is 6.06. The molecule has 122 valence electrons. The van der Waals surface area contributed by atoms with Gasteiger partial charge in [-0.3, -0.25) is 4.79 Å². The Labute approximate surface area is 127 Å². The number of carbonyl (C=O) groups is 1. The molecule has 21 heavy (non-hydrogen) atoms. The van der Waals surface area contributed by atoms with Gasteiger partial charge >= 0.3 is 0 Å². The molecular formula is C15H29N3O3. The number of nitrogens with two attached hydrogens (primary N) is 1. The van der Waals surface area contributed by atoms with Crippen LogP contribution in [0, 0.1) is 5.41 Å². The number of amidine groups is 1. The van der Waals surface area contributed by atoms with Gasteiger partial charge in [0.15, 0.2) is 5.84 Å². The molecule has 6 heteroatoms. The van der Waals surface area contributed by atoms with Crippen LogP contribution in [0.5, 0.6) is 0 Å². The fourth-order valence-corrected chi connectivity index (χ4v) is 2.69. The second-order valence-corrected chi connectivity index (χ2v) is 5.70. The molecular weight excluding hydrogens is 270 g/mol. The lowest BCUT2D eigenvalue weighted by atomic mass is 9.78. The van der Waals surface area contributed by atoms with Gasteiger partial charge in [-0.2, -0.15) is 0 Å². The Balaban J connectivity index is 2.37. The molecule has 0 atom stereocenters. The Morgan fingerprint density at radius 3 is 2.48 bits per heavy atom. The van der Waals surface area contributed by atoms with Crippen LogP contribution in [-0.4, -0.2) is 36.7 Å². The summed E-state index contributed by atoms with van der Waals surface area (Å²) < 4.78 is 5.28. The number of unbranched alkanes of at least 4 members (excludes halogenated alkanes) is 5. The predicted molar refractivity (Wildman–Crippen MR) is 82.3 cm³/mol. The summed E-state index contributed by atoms with van der Waals surface area (Å²) in [5.41, 5.74) is 4.84. The van der Waals surface area contributed by atoms with Crippen molar-refractivity contribution in [2.24, 2.45) is 16.3 Å². The molecule has 0 saturated carbocycles. The number of hydrogen-bond acceptors (Lipinski definition) is 4. The first-order valence-corrected chi connectivity index (χ1v) is 8.01. The maximum absolute atomic E-state index is 12.4. The largest absolute Gasteiger partial charge is 0.409 e. The van der Waals surface area contributed by atoms with E-state index in [1.165, 1.54) is 25.7 Å². The second-order valence-electron chi connectivity index (χ2n) is 5.70. The van der Waals surface area contributed by atoms with Crippen LogP contribution in [0.25, 0.3) is 0 Å². The lowest BCUT2D eigenvalue weighted by molar-refractivity contribution is -0.131. The Kier molecular flexibility index (Phi) is 8.12. The molecule has 0 aromatic carbocycles. The molecule has 0 aromatic heterocycles. The minimum Gasteiger partial charge on any atom is -0.409 e. The minimum absolute atomic E-state index is 0.00811. The van der Waals surface area contributed by atoms with Gasteiger partial charge in [0.25, 0.3) is 0 Å². The first-order chi connectivity index (χ1) is 10.2. The lowest BCUT2D eigenvalue weighted by Gasteiger charge is -2.34. The Morgan fingerprint density at radius 2 is 1.86 bits per heavy atom. The van der Waals surface area contributed by atoms with E-state index in [0.717, 1.165) is 12.8 Å². The number of rotatable bonds is 9. The van der Waals surface area contributed by atoms with E-state index in [4.69, 9.17) is 15.7 Å². The topological polar surface area (TPSA) is 96.9 Å². The molecule has 1 saturated heterocycles. The van der Waals surface area contributed by atoms with Crippen LogP contribution in [0.4, 0.5) is 0 Å². The summed E-state index contributed by atoms with van der Waals surface area (Å²) in [4.78, 5) is 12.4. The zero-order valence-electron chi connectivity index (χ0n) is 13.1. The van der Waals surface area contributed by atoms with Gasteiger partial charge in [0, 0.05) is 19.8 Å². The van der Waals surface area contributed by atoms with Crippen molar-refractivity contribution in [3.8, 4) is 0 Å². The van der Waals surface area contributed by atoms with E-state index in [2.05, 4.69) is 17.4 Å². The predicted octanol–water partition coefficient (Wildman–Crippen LogP) is 2.01. The van der Waals surface area contributed by atoms with Crippen molar-refractivity contribution in [1.82, 2.24) is 5.32 Å². The third-order valence-electron chi connectivity index (χ3n) is 4.19. The first-order valence-electron chi connectivity index (χ1n) is 8.01. The standard InChI is InChI=1S/C15H29N3O3/c1-2-3-4-5-6-7-10-17-14(19)15(13(16)18-20)8-11-21-12-9-15/h20H,2-12H2,1H3,(H2,16,18)(H,17,19). The highest BCUT2D eigenvalue weighted by atomic mass is 16.5. The monoisotopic (exact) mass is 299 g/mol. The quantitative estimate of drug-likeness (QED) is 0.199. The molecule has 0 unspecified atom stereocenters. The summed E-state index contributed by atoms with van der Waals surface area (Å²) in [5, 5.41) is 14.9. The molecule has 0 aromatic rings. The summed E-state index contributed by atoms with van der Waals surface area (Å²) in [5.74, 6) is -0.152. The zero-order valence-corrected chi connectivity index (χ0v) is 13.1. The summed E-state index contributed by atoms with van der Waals surface area (Å²) in [6.07, 6.45) is 8.01. The zero-order chi connectivity index (χ0) is 15.6. The van der Waals surface area contributed by atoms with Gasteiger partial charge in [0.2, 0.25) is 5.91 Å². The third-order valence-corrected chi connectivity index (χ3v) is 4.19. The van der Waals surface area contributed by atoms with E-state index in [9.17, 15) is 4.79 Å². The van der Waals surface area contributed by atoms with Crippen molar-refractivity contribution in [1.29, 1.82) is 0 Å².